The van der Waals surface area contributed by atoms with Gasteiger partial charge < -0.3 is 0 Å². The van der Waals surface area contributed by atoms with Gasteiger partial charge in [0.25, 0.3) is 0 Å². The summed E-state index contributed by atoms with van der Waals surface area (Å²) < 4.78 is 33.2. The third-order valence-electron chi connectivity index (χ3n) is 3.66. The molecule has 0 aliphatic rings. The van der Waals surface area contributed by atoms with Crippen molar-refractivity contribution in [1.29, 1.82) is 0 Å². The van der Waals surface area contributed by atoms with Gasteiger partial charge in [0.15, 0.2) is 0 Å². The van der Waals surface area contributed by atoms with Crippen molar-refractivity contribution in [2.24, 2.45) is 5.92 Å². The topological polar surface area (TPSA) is 63.6 Å². The zero-order valence-electron chi connectivity index (χ0n) is 13.8. The molecule has 0 heterocycles. The number of unbranched alkanes of at least 4 members (excludes halogenated alkanes) is 10. The van der Waals surface area contributed by atoms with Gasteiger partial charge in [-0.15, -0.1) is 0 Å². The van der Waals surface area contributed by atoms with Crippen molar-refractivity contribution in [2.45, 2.75) is 90.9 Å². The summed E-state index contributed by atoms with van der Waals surface area (Å²) in [6.07, 6.45) is 14.8. The molecule has 0 aliphatic carbocycles. The predicted molar refractivity (Wildman–Crippen MR) is 87.7 cm³/mol. The first kappa shape index (κ1) is 20.9. The molecule has 0 aromatic rings. The minimum atomic E-state index is -4.24. The van der Waals surface area contributed by atoms with Gasteiger partial charge in [-0.1, -0.05) is 84.5 Å². The van der Waals surface area contributed by atoms with Crippen LogP contribution in [0.5, 0.6) is 0 Å². The molecule has 21 heavy (non-hydrogen) atoms. The number of hydrogen-bond acceptors (Lipinski definition) is 3. The van der Waals surface area contributed by atoms with Gasteiger partial charge in [-0.3, -0.25) is 4.55 Å². The van der Waals surface area contributed by atoms with E-state index < -0.39 is 10.4 Å². The maximum absolute atomic E-state index is 10.3. The van der Waals surface area contributed by atoms with E-state index in [2.05, 4.69) is 18.0 Å². The summed E-state index contributed by atoms with van der Waals surface area (Å²) in [6, 6.07) is 0. The van der Waals surface area contributed by atoms with Crippen LogP contribution in [0, 0.1) is 5.92 Å². The molecule has 4 nitrogen and oxygen atoms in total. The summed E-state index contributed by atoms with van der Waals surface area (Å²) in [5.41, 5.74) is 0. The second kappa shape index (κ2) is 13.5. The van der Waals surface area contributed by atoms with Gasteiger partial charge in [-0.25, -0.2) is 4.18 Å². The van der Waals surface area contributed by atoms with Crippen molar-refractivity contribution in [1.82, 2.24) is 0 Å². The Morgan fingerprint density at radius 1 is 0.762 bits per heavy atom. The van der Waals surface area contributed by atoms with Crippen LogP contribution in [-0.2, 0) is 14.6 Å². The van der Waals surface area contributed by atoms with Crippen LogP contribution in [0.15, 0.2) is 0 Å². The van der Waals surface area contributed by atoms with E-state index in [9.17, 15) is 8.42 Å². The molecular formula is C16H34O4S. The molecule has 0 saturated heterocycles. The van der Waals surface area contributed by atoms with E-state index in [0.717, 1.165) is 18.8 Å². The molecule has 0 amide bonds. The average Bonchev–Trinajstić information content (AvgIpc) is 2.37. The Morgan fingerprint density at radius 2 is 1.14 bits per heavy atom. The fourth-order valence-corrected chi connectivity index (χ4v) is 2.74. The average molecular weight is 323 g/mol. The third-order valence-corrected chi connectivity index (χ3v) is 4.12. The van der Waals surface area contributed by atoms with E-state index in [-0.39, 0.29) is 6.61 Å². The van der Waals surface area contributed by atoms with Gasteiger partial charge in [-0.2, -0.15) is 8.42 Å². The molecule has 128 valence electrons. The highest BCUT2D eigenvalue weighted by molar-refractivity contribution is 7.80. The Kier molecular flexibility index (Phi) is 13.4. The van der Waals surface area contributed by atoms with Crippen LogP contribution >= 0.6 is 0 Å². The smallest absolute Gasteiger partial charge is 0.264 e. The summed E-state index contributed by atoms with van der Waals surface area (Å²) in [5, 5.41) is 0. The number of hydrogen-bond donors (Lipinski definition) is 1. The highest BCUT2D eigenvalue weighted by Gasteiger charge is 2.02. The van der Waals surface area contributed by atoms with Crippen molar-refractivity contribution < 1.29 is 17.2 Å². The molecule has 0 aliphatic heterocycles. The normalized spacial score (nSPS) is 12.2. The summed E-state index contributed by atoms with van der Waals surface area (Å²) in [7, 11) is -4.24. The van der Waals surface area contributed by atoms with E-state index in [0.29, 0.717) is 6.42 Å². The monoisotopic (exact) mass is 322 g/mol. The molecule has 0 atom stereocenters. The second-order valence-corrected chi connectivity index (χ2v) is 7.41. The van der Waals surface area contributed by atoms with Crippen LogP contribution in [0.25, 0.3) is 0 Å². The molecular weight excluding hydrogens is 288 g/mol. The Bertz CT molecular complexity index is 312. The van der Waals surface area contributed by atoms with Crippen molar-refractivity contribution >= 4 is 10.4 Å². The molecule has 0 saturated carbocycles. The van der Waals surface area contributed by atoms with E-state index in [1.807, 2.05) is 0 Å². The van der Waals surface area contributed by atoms with Crippen molar-refractivity contribution in [3.05, 3.63) is 0 Å². The minimum absolute atomic E-state index is 0.0925. The van der Waals surface area contributed by atoms with Crippen molar-refractivity contribution in [3.63, 3.8) is 0 Å². The third kappa shape index (κ3) is 19.9. The highest BCUT2D eigenvalue weighted by Crippen LogP contribution is 2.13. The van der Waals surface area contributed by atoms with E-state index in [4.69, 9.17) is 4.55 Å². The molecule has 0 fully saturated rings. The quantitative estimate of drug-likeness (QED) is 0.335. The summed E-state index contributed by atoms with van der Waals surface area (Å²) in [5.74, 6) is 0.841. The summed E-state index contributed by atoms with van der Waals surface area (Å²) in [6.45, 7) is 4.67. The standard InChI is InChI=1S/C16H34O4S/c1-16(2)14-12-10-8-6-4-3-5-7-9-11-13-15-20-21(17,18)19/h16H,3-15H2,1-2H3,(H,17,18,19). The summed E-state index contributed by atoms with van der Waals surface area (Å²) in [4.78, 5) is 0. The second-order valence-electron chi connectivity index (χ2n) is 6.32. The van der Waals surface area contributed by atoms with Crippen LogP contribution in [0.4, 0.5) is 0 Å². The maximum atomic E-state index is 10.3. The molecule has 0 aromatic heterocycles. The van der Waals surface area contributed by atoms with Gasteiger partial charge in [0.05, 0.1) is 6.61 Å². The molecule has 0 spiro atoms. The Labute approximate surface area is 131 Å². The van der Waals surface area contributed by atoms with Crippen molar-refractivity contribution in [2.75, 3.05) is 6.61 Å². The lowest BCUT2D eigenvalue weighted by atomic mass is 10.0. The zero-order valence-corrected chi connectivity index (χ0v) is 14.7. The maximum Gasteiger partial charge on any atom is 0.397 e. The largest absolute Gasteiger partial charge is 0.397 e. The minimum Gasteiger partial charge on any atom is -0.264 e. The first-order valence-electron chi connectivity index (χ1n) is 8.53. The molecule has 0 rings (SSSR count). The summed E-state index contributed by atoms with van der Waals surface area (Å²) >= 11 is 0. The molecule has 0 aromatic carbocycles. The first-order chi connectivity index (χ1) is 9.92. The predicted octanol–water partition coefficient (Wildman–Crippen LogP) is 5.14. The lowest BCUT2D eigenvalue weighted by molar-refractivity contribution is 0.261. The van der Waals surface area contributed by atoms with Gasteiger partial charge in [0.1, 0.15) is 0 Å². The Morgan fingerprint density at radius 3 is 1.52 bits per heavy atom. The van der Waals surface area contributed by atoms with E-state index in [1.165, 1.54) is 57.8 Å². The van der Waals surface area contributed by atoms with E-state index >= 15 is 0 Å². The Balaban J connectivity index is 3.06. The van der Waals surface area contributed by atoms with Crippen LogP contribution in [0.1, 0.15) is 90.9 Å². The molecule has 0 unspecified atom stereocenters. The van der Waals surface area contributed by atoms with Gasteiger partial charge in [-0.05, 0) is 12.3 Å². The van der Waals surface area contributed by atoms with Gasteiger partial charge >= 0.3 is 10.4 Å². The molecule has 0 bridgehead atoms. The van der Waals surface area contributed by atoms with E-state index in [1.54, 1.807) is 0 Å². The number of rotatable bonds is 15. The van der Waals surface area contributed by atoms with Crippen molar-refractivity contribution in [3.8, 4) is 0 Å². The molecule has 5 heteroatoms. The first-order valence-corrected chi connectivity index (χ1v) is 9.90. The molecule has 1 N–H and O–H groups in total. The molecule has 0 radical (unpaired) electrons. The fraction of sp³-hybridized carbons (Fsp3) is 1.00. The van der Waals surface area contributed by atoms with Crippen LogP contribution in [-0.4, -0.2) is 19.6 Å². The highest BCUT2D eigenvalue weighted by atomic mass is 32.3. The van der Waals surface area contributed by atoms with Gasteiger partial charge in [0.2, 0.25) is 0 Å². The fourth-order valence-electron chi connectivity index (χ4n) is 2.41. The lowest BCUT2D eigenvalue weighted by Gasteiger charge is -2.04. The van der Waals surface area contributed by atoms with Crippen LogP contribution in [0.2, 0.25) is 0 Å². The van der Waals surface area contributed by atoms with Crippen LogP contribution < -0.4 is 0 Å². The van der Waals surface area contributed by atoms with Gasteiger partial charge in [0, 0.05) is 0 Å². The Hall–Kier alpha value is -0.130. The lowest BCUT2D eigenvalue weighted by Crippen LogP contribution is -2.04. The van der Waals surface area contributed by atoms with Crippen LogP contribution in [0.3, 0.4) is 0 Å². The zero-order chi connectivity index (χ0) is 16.0. The SMILES string of the molecule is CC(C)CCCCCCCCCCCCCOS(=O)(=O)O.